The molecule has 0 aliphatic carbocycles. The Balaban J connectivity index is 2.28. The highest BCUT2D eigenvalue weighted by molar-refractivity contribution is 7.89. The third kappa shape index (κ3) is 2.77. The first kappa shape index (κ1) is 13.6. The van der Waals surface area contributed by atoms with Gasteiger partial charge in [0.2, 0.25) is 10.0 Å². The number of nitrogens with two attached hydrogens (primary N) is 1. The molecule has 1 aromatic carbocycles. The molecule has 0 spiro atoms. The fraction of sp³-hybridized carbons (Fsp3) is 0.455. The molecule has 1 heterocycles. The van der Waals surface area contributed by atoms with Crippen molar-refractivity contribution in [2.45, 2.75) is 30.4 Å². The zero-order chi connectivity index (χ0) is 13.3. The van der Waals surface area contributed by atoms with E-state index in [1.54, 1.807) is 6.07 Å². The first-order chi connectivity index (χ1) is 8.40. The standard InChI is InChI=1S/C11H15ClN2O3S/c1-7-10(4-5-17-7)14-18(15,16)11-6-8(12)2-3-9(11)13/h2-3,6-7,10,14H,4-5,13H2,1H3. The van der Waals surface area contributed by atoms with Crippen LogP contribution in [0.15, 0.2) is 23.1 Å². The van der Waals surface area contributed by atoms with Crippen LogP contribution in [0.2, 0.25) is 5.02 Å². The molecule has 7 heteroatoms. The van der Waals surface area contributed by atoms with E-state index in [0.717, 1.165) is 0 Å². The molecule has 1 saturated heterocycles. The van der Waals surface area contributed by atoms with Gasteiger partial charge in [-0.2, -0.15) is 0 Å². The van der Waals surface area contributed by atoms with Gasteiger partial charge >= 0.3 is 0 Å². The minimum absolute atomic E-state index is 0.00843. The number of hydrogen-bond donors (Lipinski definition) is 2. The Labute approximate surface area is 111 Å². The van der Waals surface area contributed by atoms with Gasteiger partial charge in [-0.3, -0.25) is 0 Å². The molecule has 18 heavy (non-hydrogen) atoms. The monoisotopic (exact) mass is 290 g/mol. The SMILES string of the molecule is CC1OCCC1NS(=O)(=O)c1cc(Cl)ccc1N. The summed E-state index contributed by atoms with van der Waals surface area (Å²) in [6, 6.07) is 4.15. The Bertz CT molecular complexity index is 547. The normalized spacial score (nSPS) is 24.3. The van der Waals surface area contributed by atoms with Crippen LogP contribution < -0.4 is 10.5 Å². The maximum atomic E-state index is 12.2. The molecule has 0 amide bonds. The van der Waals surface area contributed by atoms with Crippen LogP contribution in [0.5, 0.6) is 0 Å². The second kappa shape index (κ2) is 5.05. The van der Waals surface area contributed by atoms with Gasteiger partial charge in [-0.15, -0.1) is 0 Å². The lowest BCUT2D eigenvalue weighted by Gasteiger charge is -2.17. The van der Waals surface area contributed by atoms with Crippen LogP contribution in [0.25, 0.3) is 0 Å². The van der Waals surface area contributed by atoms with Gasteiger partial charge in [0.05, 0.1) is 17.8 Å². The smallest absolute Gasteiger partial charge is 0.243 e. The molecule has 100 valence electrons. The van der Waals surface area contributed by atoms with E-state index in [9.17, 15) is 8.42 Å². The van der Waals surface area contributed by atoms with Crippen molar-refractivity contribution < 1.29 is 13.2 Å². The molecule has 1 fully saturated rings. The van der Waals surface area contributed by atoms with Crippen molar-refractivity contribution in [3.05, 3.63) is 23.2 Å². The van der Waals surface area contributed by atoms with Crippen LogP contribution in [-0.2, 0) is 14.8 Å². The molecular formula is C11H15ClN2O3S. The maximum Gasteiger partial charge on any atom is 0.243 e. The Hall–Kier alpha value is -0.820. The summed E-state index contributed by atoms with van der Waals surface area (Å²) in [5.74, 6) is 0. The zero-order valence-electron chi connectivity index (χ0n) is 9.89. The van der Waals surface area contributed by atoms with Gasteiger partial charge in [0.15, 0.2) is 0 Å². The number of nitrogen functional groups attached to an aromatic ring is 1. The van der Waals surface area contributed by atoms with Crippen molar-refractivity contribution in [1.82, 2.24) is 4.72 Å². The summed E-state index contributed by atoms with van der Waals surface area (Å²) in [6.45, 7) is 2.39. The van der Waals surface area contributed by atoms with Crippen LogP contribution in [0.4, 0.5) is 5.69 Å². The fourth-order valence-corrected chi connectivity index (χ4v) is 3.62. The number of rotatable bonds is 3. The Morgan fingerprint density at radius 3 is 2.83 bits per heavy atom. The van der Waals surface area contributed by atoms with Crippen LogP contribution >= 0.6 is 11.6 Å². The number of hydrogen-bond acceptors (Lipinski definition) is 4. The molecule has 5 nitrogen and oxygen atoms in total. The molecule has 0 saturated carbocycles. The number of anilines is 1. The van der Waals surface area contributed by atoms with Crippen LogP contribution in [0, 0.1) is 0 Å². The summed E-state index contributed by atoms with van der Waals surface area (Å²) in [7, 11) is -3.67. The summed E-state index contributed by atoms with van der Waals surface area (Å²) >= 11 is 5.80. The van der Waals surface area contributed by atoms with Crippen LogP contribution in [0.3, 0.4) is 0 Å². The Kier molecular flexibility index (Phi) is 3.82. The maximum absolute atomic E-state index is 12.2. The van der Waals surface area contributed by atoms with Crippen LogP contribution in [-0.4, -0.2) is 27.2 Å². The summed E-state index contributed by atoms with van der Waals surface area (Å²) in [5, 5.41) is 0.334. The van der Waals surface area contributed by atoms with Gasteiger partial charge in [-0.1, -0.05) is 11.6 Å². The minimum atomic E-state index is -3.67. The van der Waals surface area contributed by atoms with E-state index in [2.05, 4.69) is 4.72 Å². The van der Waals surface area contributed by atoms with E-state index >= 15 is 0 Å². The number of nitrogens with one attached hydrogen (secondary N) is 1. The van der Waals surface area contributed by atoms with Crippen molar-refractivity contribution in [3.63, 3.8) is 0 Å². The molecule has 1 aromatic rings. The summed E-state index contributed by atoms with van der Waals surface area (Å²) in [6.07, 6.45) is 0.515. The summed E-state index contributed by atoms with van der Waals surface area (Å²) in [4.78, 5) is 0.00843. The number of halogens is 1. The van der Waals surface area contributed by atoms with Crippen molar-refractivity contribution in [2.24, 2.45) is 0 Å². The zero-order valence-corrected chi connectivity index (χ0v) is 11.5. The molecule has 2 unspecified atom stereocenters. The second-order valence-corrected chi connectivity index (χ2v) is 6.39. The van der Waals surface area contributed by atoms with Crippen molar-refractivity contribution in [3.8, 4) is 0 Å². The van der Waals surface area contributed by atoms with Gasteiger partial charge in [-0.25, -0.2) is 13.1 Å². The molecule has 2 rings (SSSR count). The first-order valence-electron chi connectivity index (χ1n) is 5.59. The molecule has 3 N–H and O–H groups in total. The fourth-order valence-electron chi connectivity index (χ4n) is 1.89. The second-order valence-electron chi connectivity index (χ2n) is 4.27. The van der Waals surface area contributed by atoms with E-state index in [1.807, 2.05) is 6.92 Å². The lowest BCUT2D eigenvalue weighted by atomic mass is 10.2. The van der Waals surface area contributed by atoms with Crippen molar-refractivity contribution in [2.75, 3.05) is 12.3 Å². The first-order valence-corrected chi connectivity index (χ1v) is 7.45. The highest BCUT2D eigenvalue weighted by atomic mass is 35.5. The summed E-state index contributed by atoms with van der Waals surface area (Å²) < 4.78 is 32.3. The topological polar surface area (TPSA) is 81.4 Å². The van der Waals surface area contributed by atoms with E-state index in [4.69, 9.17) is 22.1 Å². The largest absolute Gasteiger partial charge is 0.398 e. The predicted molar refractivity (Wildman–Crippen MR) is 70.0 cm³/mol. The molecule has 0 bridgehead atoms. The lowest BCUT2D eigenvalue weighted by molar-refractivity contribution is 0.117. The molecular weight excluding hydrogens is 276 g/mol. The molecule has 0 aromatic heterocycles. The third-order valence-corrected chi connectivity index (χ3v) is 4.73. The van der Waals surface area contributed by atoms with Gasteiger partial charge in [0.1, 0.15) is 4.90 Å². The molecule has 1 aliphatic heterocycles. The third-order valence-electron chi connectivity index (χ3n) is 2.95. The van der Waals surface area contributed by atoms with Gasteiger partial charge in [0.25, 0.3) is 0 Å². The molecule has 2 atom stereocenters. The average molecular weight is 291 g/mol. The van der Waals surface area contributed by atoms with Gasteiger partial charge in [-0.05, 0) is 31.5 Å². The lowest BCUT2D eigenvalue weighted by Crippen LogP contribution is -2.39. The van der Waals surface area contributed by atoms with Crippen molar-refractivity contribution in [1.29, 1.82) is 0 Å². The average Bonchev–Trinajstić information content (AvgIpc) is 2.67. The number of benzene rings is 1. The number of sulfonamides is 1. The Morgan fingerprint density at radius 1 is 1.50 bits per heavy atom. The van der Waals surface area contributed by atoms with E-state index in [1.165, 1.54) is 12.1 Å². The van der Waals surface area contributed by atoms with Gasteiger partial charge in [0, 0.05) is 11.6 Å². The van der Waals surface area contributed by atoms with E-state index in [0.29, 0.717) is 18.1 Å². The Morgan fingerprint density at radius 2 is 2.22 bits per heavy atom. The predicted octanol–water partition coefficient (Wildman–Crippen LogP) is 1.38. The molecule has 0 radical (unpaired) electrons. The highest BCUT2D eigenvalue weighted by Crippen LogP contribution is 2.24. The van der Waals surface area contributed by atoms with Crippen molar-refractivity contribution >= 4 is 27.3 Å². The quantitative estimate of drug-likeness (QED) is 0.824. The number of ether oxygens (including phenoxy) is 1. The van der Waals surface area contributed by atoms with Crippen LogP contribution in [0.1, 0.15) is 13.3 Å². The highest BCUT2D eigenvalue weighted by Gasteiger charge is 2.30. The van der Waals surface area contributed by atoms with E-state index < -0.39 is 10.0 Å². The molecule has 1 aliphatic rings. The van der Waals surface area contributed by atoms with Gasteiger partial charge < -0.3 is 10.5 Å². The minimum Gasteiger partial charge on any atom is -0.398 e. The summed E-state index contributed by atoms with van der Waals surface area (Å²) in [5.41, 5.74) is 5.85. The van der Waals surface area contributed by atoms with E-state index in [-0.39, 0.29) is 22.7 Å².